The largest absolute Gasteiger partial charge is 0.495 e. The minimum absolute atomic E-state index is 0.0979. The Bertz CT molecular complexity index is 698. The normalized spacial score (nSPS) is 10.7. The summed E-state index contributed by atoms with van der Waals surface area (Å²) in [5, 5.41) is 7.95. The van der Waals surface area contributed by atoms with Crippen LogP contribution in [0.3, 0.4) is 0 Å². The zero-order valence-corrected chi connectivity index (χ0v) is 13.1. The summed E-state index contributed by atoms with van der Waals surface area (Å²) < 4.78 is 6.49. The van der Waals surface area contributed by atoms with Crippen LogP contribution in [0.2, 0.25) is 5.02 Å². The molecule has 2 rings (SSSR count). The Morgan fingerprint density at radius 3 is 2.76 bits per heavy atom. The predicted molar refractivity (Wildman–Crippen MR) is 83.9 cm³/mol. The van der Waals surface area contributed by atoms with Crippen molar-refractivity contribution in [2.75, 3.05) is 13.7 Å². The van der Waals surface area contributed by atoms with Crippen molar-refractivity contribution >= 4 is 11.6 Å². The van der Waals surface area contributed by atoms with Gasteiger partial charge in [0.1, 0.15) is 5.75 Å². The van der Waals surface area contributed by atoms with Gasteiger partial charge >= 0.3 is 0 Å². The van der Waals surface area contributed by atoms with Crippen LogP contribution in [-0.4, -0.2) is 23.4 Å². The first-order valence-corrected chi connectivity index (χ1v) is 7.06. The summed E-state index contributed by atoms with van der Waals surface area (Å²) in [5.74, 6) is 0.609. The van der Waals surface area contributed by atoms with Gasteiger partial charge in [-0.25, -0.2) is 4.68 Å². The minimum Gasteiger partial charge on any atom is -0.495 e. The maximum absolute atomic E-state index is 12.0. The number of ether oxygens (including phenoxy) is 1. The lowest BCUT2D eigenvalue weighted by Gasteiger charge is -2.09. The standard InChI is InChI=1S/C15H18ClN3O2/c1-4-17-9-11-8-13(18-19(2)15(11)20)10-5-6-14(21-3)12(16)7-10/h5-8,17H,4,9H2,1-3H3. The van der Waals surface area contributed by atoms with Crippen molar-refractivity contribution < 1.29 is 4.74 Å². The van der Waals surface area contributed by atoms with E-state index in [4.69, 9.17) is 16.3 Å². The van der Waals surface area contributed by atoms with Crippen LogP contribution >= 0.6 is 11.6 Å². The molecule has 0 fully saturated rings. The van der Waals surface area contributed by atoms with E-state index in [2.05, 4.69) is 10.4 Å². The van der Waals surface area contributed by atoms with Crippen molar-refractivity contribution in [3.63, 3.8) is 0 Å². The Kier molecular flexibility index (Phi) is 4.98. The van der Waals surface area contributed by atoms with E-state index in [9.17, 15) is 4.79 Å². The van der Waals surface area contributed by atoms with E-state index in [0.29, 0.717) is 28.6 Å². The van der Waals surface area contributed by atoms with Crippen LogP contribution in [0.4, 0.5) is 0 Å². The lowest BCUT2D eigenvalue weighted by atomic mass is 10.1. The highest BCUT2D eigenvalue weighted by atomic mass is 35.5. The Morgan fingerprint density at radius 1 is 1.38 bits per heavy atom. The number of hydrogen-bond donors (Lipinski definition) is 1. The summed E-state index contributed by atoms with van der Waals surface area (Å²) in [5.41, 5.74) is 2.12. The molecule has 0 aliphatic carbocycles. The molecule has 0 aliphatic heterocycles. The zero-order valence-electron chi connectivity index (χ0n) is 12.3. The van der Waals surface area contributed by atoms with Gasteiger partial charge in [0.2, 0.25) is 0 Å². The van der Waals surface area contributed by atoms with E-state index < -0.39 is 0 Å². The van der Waals surface area contributed by atoms with E-state index in [1.807, 2.05) is 13.0 Å². The molecule has 0 atom stereocenters. The fraction of sp³-hybridized carbons (Fsp3) is 0.333. The van der Waals surface area contributed by atoms with Crippen molar-refractivity contribution in [3.05, 3.63) is 45.2 Å². The van der Waals surface area contributed by atoms with Crippen LogP contribution in [0.15, 0.2) is 29.1 Å². The maximum Gasteiger partial charge on any atom is 0.271 e. The third kappa shape index (κ3) is 3.43. The summed E-state index contributed by atoms with van der Waals surface area (Å²) in [6.45, 7) is 3.31. The predicted octanol–water partition coefficient (Wildman–Crippen LogP) is 2.22. The molecule has 0 bridgehead atoms. The van der Waals surface area contributed by atoms with Crippen molar-refractivity contribution in [1.82, 2.24) is 15.1 Å². The van der Waals surface area contributed by atoms with E-state index in [1.165, 1.54) is 4.68 Å². The highest BCUT2D eigenvalue weighted by Crippen LogP contribution is 2.29. The highest BCUT2D eigenvalue weighted by molar-refractivity contribution is 6.32. The van der Waals surface area contributed by atoms with Gasteiger partial charge in [-0.2, -0.15) is 5.10 Å². The third-order valence-electron chi connectivity index (χ3n) is 3.15. The van der Waals surface area contributed by atoms with E-state index >= 15 is 0 Å². The summed E-state index contributed by atoms with van der Waals surface area (Å²) >= 11 is 6.14. The van der Waals surface area contributed by atoms with E-state index in [0.717, 1.165) is 12.1 Å². The number of aryl methyl sites for hydroxylation is 1. The molecule has 6 heteroatoms. The Morgan fingerprint density at radius 2 is 2.14 bits per heavy atom. The number of benzene rings is 1. The van der Waals surface area contributed by atoms with Gasteiger partial charge < -0.3 is 10.1 Å². The van der Waals surface area contributed by atoms with Crippen LogP contribution in [0.25, 0.3) is 11.3 Å². The molecule has 0 amide bonds. The molecule has 5 nitrogen and oxygen atoms in total. The van der Waals surface area contributed by atoms with Gasteiger partial charge in [-0.15, -0.1) is 0 Å². The zero-order chi connectivity index (χ0) is 15.4. The molecule has 0 unspecified atom stereocenters. The number of nitrogens with one attached hydrogen (secondary N) is 1. The van der Waals surface area contributed by atoms with Crippen LogP contribution in [0, 0.1) is 0 Å². The SMILES string of the molecule is CCNCc1cc(-c2ccc(OC)c(Cl)c2)nn(C)c1=O. The average Bonchev–Trinajstić information content (AvgIpc) is 2.48. The fourth-order valence-corrected chi connectivity index (χ4v) is 2.28. The van der Waals surface area contributed by atoms with Gasteiger partial charge in [0.25, 0.3) is 5.56 Å². The van der Waals surface area contributed by atoms with Gasteiger partial charge in [-0.05, 0) is 30.8 Å². The van der Waals surface area contributed by atoms with Crippen LogP contribution in [-0.2, 0) is 13.6 Å². The highest BCUT2D eigenvalue weighted by Gasteiger charge is 2.10. The van der Waals surface area contributed by atoms with Crippen molar-refractivity contribution in [3.8, 4) is 17.0 Å². The van der Waals surface area contributed by atoms with Crippen molar-refractivity contribution in [2.45, 2.75) is 13.5 Å². The van der Waals surface area contributed by atoms with Gasteiger partial charge in [0, 0.05) is 24.7 Å². The second-order valence-corrected chi connectivity index (χ2v) is 5.02. The second-order valence-electron chi connectivity index (χ2n) is 4.61. The maximum atomic E-state index is 12.0. The van der Waals surface area contributed by atoms with Gasteiger partial charge in [0.05, 0.1) is 17.8 Å². The first kappa shape index (κ1) is 15.5. The molecule has 112 valence electrons. The molecule has 0 aliphatic rings. The molecule has 21 heavy (non-hydrogen) atoms. The summed E-state index contributed by atoms with van der Waals surface area (Å²) in [7, 11) is 3.21. The van der Waals surface area contributed by atoms with E-state index in [1.54, 1.807) is 32.4 Å². The Labute approximate surface area is 128 Å². The quantitative estimate of drug-likeness (QED) is 0.920. The number of nitrogens with zero attached hydrogens (tertiary/aromatic N) is 2. The summed E-state index contributed by atoms with van der Waals surface area (Å²) in [6.07, 6.45) is 0. The number of aromatic nitrogens is 2. The molecular formula is C15H18ClN3O2. The molecule has 1 heterocycles. The molecule has 0 saturated heterocycles. The lowest BCUT2D eigenvalue weighted by Crippen LogP contribution is -2.27. The van der Waals surface area contributed by atoms with Gasteiger partial charge in [0.15, 0.2) is 0 Å². The first-order valence-electron chi connectivity index (χ1n) is 6.68. The summed E-state index contributed by atoms with van der Waals surface area (Å²) in [6, 6.07) is 7.23. The van der Waals surface area contributed by atoms with Gasteiger partial charge in [-0.3, -0.25) is 4.79 Å². The second kappa shape index (κ2) is 6.74. The van der Waals surface area contributed by atoms with Gasteiger partial charge in [-0.1, -0.05) is 18.5 Å². The Hall–Kier alpha value is -1.85. The number of hydrogen-bond acceptors (Lipinski definition) is 4. The molecule has 1 aromatic carbocycles. The molecule has 0 saturated carbocycles. The molecule has 2 aromatic rings. The molecule has 1 aromatic heterocycles. The van der Waals surface area contributed by atoms with Crippen molar-refractivity contribution in [1.29, 1.82) is 0 Å². The third-order valence-corrected chi connectivity index (χ3v) is 3.45. The monoisotopic (exact) mass is 307 g/mol. The molecular weight excluding hydrogens is 290 g/mol. The summed E-state index contributed by atoms with van der Waals surface area (Å²) in [4.78, 5) is 12.0. The number of methoxy groups -OCH3 is 1. The average molecular weight is 308 g/mol. The smallest absolute Gasteiger partial charge is 0.271 e. The fourth-order valence-electron chi connectivity index (χ4n) is 2.02. The first-order chi connectivity index (χ1) is 10.1. The Balaban J connectivity index is 2.46. The van der Waals surface area contributed by atoms with Crippen molar-refractivity contribution in [2.24, 2.45) is 7.05 Å². The molecule has 0 spiro atoms. The minimum atomic E-state index is -0.0979. The number of rotatable bonds is 5. The lowest BCUT2D eigenvalue weighted by molar-refractivity contribution is 0.415. The van der Waals surface area contributed by atoms with Crippen LogP contribution in [0.5, 0.6) is 5.75 Å². The number of halogens is 1. The van der Waals surface area contributed by atoms with E-state index in [-0.39, 0.29) is 5.56 Å². The van der Waals surface area contributed by atoms with Crippen LogP contribution < -0.4 is 15.6 Å². The van der Waals surface area contributed by atoms with Crippen LogP contribution in [0.1, 0.15) is 12.5 Å². The topological polar surface area (TPSA) is 56.1 Å². The molecule has 0 radical (unpaired) electrons. The molecule has 1 N–H and O–H groups in total.